The van der Waals surface area contributed by atoms with Gasteiger partial charge in [-0.1, -0.05) is 6.08 Å². The Kier molecular flexibility index (Phi) is 5.00. The van der Waals surface area contributed by atoms with E-state index in [0.29, 0.717) is 12.5 Å². The quantitative estimate of drug-likeness (QED) is 0.752. The van der Waals surface area contributed by atoms with Crippen LogP contribution in [0.5, 0.6) is 0 Å². The standard InChI is InChI=1S/C22H26F2N6O/c1-3-18-20-15(12-31-21(18)25-2)11-30(27-20)17-4-5-19(26-10-17)28-8-6-16(7-9-28)29-13-22(23,24)14-29/h3-5,10-11,16H,6-9,12-14H2,1-2H3/b18-3-,25-21?. The molecule has 164 valence electrons. The number of likely N-dealkylation sites (tertiary alicyclic amines) is 1. The third kappa shape index (κ3) is 3.71. The molecule has 7 nitrogen and oxygen atoms in total. The number of ether oxygens (including phenoxy) is 1. The third-order valence-electron chi connectivity index (χ3n) is 6.30. The van der Waals surface area contributed by atoms with Gasteiger partial charge in [-0.3, -0.25) is 9.89 Å². The highest BCUT2D eigenvalue weighted by atomic mass is 19.3. The van der Waals surface area contributed by atoms with Gasteiger partial charge in [-0.25, -0.2) is 18.4 Å². The molecule has 0 N–H and O–H groups in total. The van der Waals surface area contributed by atoms with Crippen LogP contribution >= 0.6 is 0 Å². The maximum Gasteiger partial charge on any atom is 0.272 e. The highest BCUT2D eigenvalue weighted by Crippen LogP contribution is 2.32. The van der Waals surface area contributed by atoms with Gasteiger partial charge in [0.25, 0.3) is 5.92 Å². The van der Waals surface area contributed by atoms with Gasteiger partial charge in [-0.15, -0.1) is 0 Å². The highest BCUT2D eigenvalue weighted by Gasteiger charge is 2.46. The summed E-state index contributed by atoms with van der Waals surface area (Å²) < 4.78 is 33.8. The Morgan fingerprint density at radius 1 is 1.23 bits per heavy atom. The van der Waals surface area contributed by atoms with E-state index in [1.54, 1.807) is 7.05 Å². The Morgan fingerprint density at radius 2 is 2.00 bits per heavy atom. The largest absolute Gasteiger partial charge is 0.472 e. The number of hydrogen-bond acceptors (Lipinski definition) is 6. The summed E-state index contributed by atoms with van der Waals surface area (Å²) in [7, 11) is 1.71. The van der Waals surface area contributed by atoms with Crippen LogP contribution in [0.25, 0.3) is 11.3 Å². The van der Waals surface area contributed by atoms with E-state index in [1.165, 1.54) is 0 Å². The van der Waals surface area contributed by atoms with Gasteiger partial charge < -0.3 is 9.64 Å². The van der Waals surface area contributed by atoms with E-state index >= 15 is 0 Å². The van der Waals surface area contributed by atoms with Crippen molar-refractivity contribution >= 4 is 17.3 Å². The van der Waals surface area contributed by atoms with Crippen LogP contribution in [0.2, 0.25) is 0 Å². The number of allylic oxidation sites excluding steroid dienone is 1. The molecule has 0 unspecified atom stereocenters. The fourth-order valence-electron chi connectivity index (χ4n) is 4.61. The van der Waals surface area contributed by atoms with Crippen LogP contribution in [-0.2, 0) is 11.3 Å². The summed E-state index contributed by atoms with van der Waals surface area (Å²) in [6.45, 7) is 3.87. The predicted molar refractivity (Wildman–Crippen MR) is 115 cm³/mol. The van der Waals surface area contributed by atoms with Gasteiger partial charge in [0.05, 0.1) is 30.5 Å². The molecule has 2 aromatic rings. The molecular formula is C22H26F2N6O. The minimum atomic E-state index is -2.50. The van der Waals surface area contributed by atoms with Crippen LogP contribution in [0.1, 0.15) is 31.0 Å². The van der Waals surface area contributed by atoms with E-state index < -0.39 is 5.92 Å². The molecule has 5 heterocycles. The minimum Gasteiger partial charge on any atom is -0.472 e. The molecule has 0 spiro atoms. The molecule has 0 aromatic carbocycles. The first-order valence-corrected chi connectivity index (χ1v) is 10.7. The number of hydrogen-bond donors (Lipinski definition) is 0. The normalized spacial score (nSPS) is 24.2. The van der Waals surface area contributed by atoms with E-state index in [1.807, 2.05) is 47.1 Å². The van der Waals surface area contributed by atoms with Crippen LogP contribution in [-0.4, -0.2) is 70.8 Å². The van der Waals surface area contributed by atoms with Gasteiger partial charge in [0, 0.05) is 37.9 Å². The van der Waals surface area contributed by atoms with E-state index in [-0.39, 0.29) is 19.1 Å². The van der Waals surface area contributed by atoms with E-state index in [9.17, 15) is 8.78 Å². The maximum absolute atomic E-state index is 13.1. The van der Waals surface area contributed by atoms with Crippen LogP contribution in [0.3, 0.4) is 0 Å². The van der Waals surface area contributed by atoms with Crippen LogP contribution in [0.15, 0.2) is 35.6 Å². The second kappa shape index (κ2) is 7.71. The lowest BCUT2D eigenvalue weighted by Gasteiger charge is -2.46. The number of fused-ring (bicyclic) bond motifs is 1. The van der Waals surface area contributed by atoms with E-state index in [0.717, 1.165) is 54.3 Å². The number of halogens is 2. The van der Waals surface area contributed by atoms with E-state index in [4.69, 9.17) is 9.84 Å². The molecule has 2 saturated heterocycles. The summed E-state index contributed by atoms with van der Waals surface area (Å²) in [5.74, 6) is -0.977. The van der Waals surface area contributed by atoms with Gasteiger partial charge in [0.15, 0.2) is 0 Å². The van der Waals surface area contributed by atoms with Crippen molar-refractivity contribution in [3.63, 3.8) is 0 Å². The molecule has 0 amide bonds. The van der Waals surface area contributed by atoms with Crippen molar-refractivity contribution in [3.8, 4) is 5.69 Å². The lowest BCUT2D eigenvalue weighted by atomic mass is 9.98. The maximum atomic E-state index is 13.1. The summed E-state index contributed by atoms with van der Waals surface area (Å²) in [6, 6.07) is 4.26. The van der Waals surface area contributed by atoms with E-state index in [2.05, 4.69) is 14.9 Å². The van der Waals surface area contributed by atoms with Crippen molar-refractivity contribution in [2.75, 3.05) is 38.1 Å². The van der Waals surface area contributed by atoms with Crippen LogP contribution in [0, 0.1) is 0 Å². The summed E-state index contributed by atoms with van der Waals surface area (Å²) in [5, 5.41) is 4.74. The fourth-order valence-corrected chi connectivity index (χ4v) is 4.61. The number of aromatic nitrogens is 3. The number of rotatable bonds is 3. The average molecular weight is 428 g/mol. The summed E-state index contributed by atoms with van der Waals surface area (Å²) >= 11 is 0. The number of piperidine rings is 1. The minimum absolute atomic E-state index is 0.0932. The van der Waals surface area contributed by atoms with Gasteiger partial charge in [-0.2, -0.15) is 5.10 Å². The monoisotopic (exact) mass is 428 g/mol. The van der Waals surface area contributed by atoms with Gasteiger partial charge in [-0.05, 0) is 31.9 Å². The molecule has 0 bridgehead atoms. The average Bonchev–Trinajstić information content (AvgIpc) is 3.21. The molecule has 0 radical (unpaired) electrons. The van der Waals surface area contributed by atoms with Crippen molar-refractivity contribution in [2.24, 2.45) is 4.99 Å². The Balaban J connectivity index is 1.26. The fraction of sp³-hybridized carbons (Fsp3) is 0.500. The molecule has 0 aliphatic carbocycles. The summed E-state index contributed by atoms with van der Waals surface area (Å²) in [5.41, 5.74) is 3.68. The number of aliphatic imine (C=N–C) groups is 1. The predicted octanol–water partition coefficient (Wildman–Crippen LogP) is 3.15. The first-order chi connectivity index (χ1) is 15.0. The molecule has 0 atom stereocenters. The molecule has 2 fully saturated rings. The van der Waals surface area contributed by atoms with Gasteiger partial charge >= 0.3 is 0 Å². The second-order valence-electron chi connectivity index (χ2n) is 8.32. The smallest absolute Gasteiger partial charge is 0.272 e. The number of nitrogens with zero attached hydrogens (tertiary/aromatic N) is 6. The molecule has 2 aromatic heterocycles. The molecule has 3 aliphatic rings. The molecule has 0 saturated carbocycles. The lowest BCUT2D eigenvalue weighted by Crippen LogP contribution is -2.61. The van der Waals surface area contributed by atoms with Crippen molar-refractivity contribution in [2.45, 2.75) is 38.3 Å². The molecule has 9 heteroatoms. The van der Waals surface area contributed by atoms with Crippen molar-refractivity contribution in [1.29, 1.82) is 0 Å². The van der Waals surface area contributed by atoms with Gasteiger partial charge in [0.1, 0.15) is 18.1 Å². The Hall–Kier alpha value is -2.81. The Labute approximate surface area is 180 Å². The zero-order valence-electron chi connectivity index (χ0n) is 17.8. The number of anilines is 1. The first kappa shape index (κ1) is 20.1. The van der Waals surface area contributed by atoms with Crippen molar-refractivity contribution in [3.05, 3.63) is 41.9 Å². The Bertz CT molecular complexity index is 1010. The number of pyridine rings is 1. The SMILES string of the molecule is C/C=C1\C(=NC)OCc2cn(-c3ccc(N4CCC(N5CC(F)(F)C5)CC4)nc3)nc21. The zero-order chi connectivity index (χ0) is 21.6. The van der Waals surface area contributed by atoms with Crippen molar-refractivity contribution < 1.29 is 13.5 Å². The summed E-state index contributed by atoms with van der Waals surface area (Å²) in [6.07, 6.45) is 7.53. The van der Waals surface area contributed by atoms with Crippen molar-refractivity contribution in [1.82, 2.24) is 19.7 Å². The number of alkyl halides is 2. The zero-order valence-corrected chi connectivity index (χ0v) is 17.8. The second-order valence-corrected chi connectivity index (χ2v) is 8.32. The lowest BCUT2D eigenvalue weighted by molar-refractivity contribution is -0.148. The molecule has 31 heavy (non-hydrogen) atoms. The first-order valence-electron chi connectivity index (χ1n) is 10.7. The van der Waals surface area contributed by atoms with Crippen LogP contribution in [0.4, 0.5) is 14.6 Å². The van der Waals surface area contributed by atoms with Gasteiger partial charge in [0.2, 0.25) is 5.90 Å². The topological polar surface area (TPSA) is 58.8 Å². The Morgan fingerprint density at radius 3 is 2.61 bits per heavy atom. The third-order valence-corrected chi connectivity index (χ3v) is 6.30. The molecule has 3 aliphatic heterocycles. The molecular weight excluding hydrogens is 402 g/mol. The van der Waals surface area contributed by atoms with Crippen LogP contribution < -0.4 is 4.90 Å². The summed E-state index contributed by atoms with van der Waals surface area (Å²) in [4.78, 5) is 13.0. The molecule has 5 rings (SSSR count). The highest BCUT2D eigenvalue weighted by molar-refractivity contribution is 6.20.